The van der Waals surface area contributed by atoms with Gasteiger partial charge in [-0.15, -0.1) is 0 Å². The summed E-state index contributed by atoms with van der Waals surface area (Å²) in [5.74, 6) is -4.09. The van der Waals surface area contributed by atoms with Gasteiger partial charge in [-0.25, -0.2) is 0 Å². The maximum Gasteiger partial charge on any atom is 0.317 e. The maximum atomic E-state index is 11.1. The number of esters is 2. The molecular formula is C22H22O7. The first-order valence-corrected chi connectivity index (χ1v) is 9.12. The van der Waals surface area contributed by atoms with E-state index in [1.165, 1.54) is 0 Å². The molecule has 2 atom stereocenters. The number of carboxylic acid groups (broad SMARTS) is 2. The van der Waals surface area contributed by atoms with E-state index in [0.29, 0.717) is 6.42 Å². The van der Waals surface area contributed by atoms with Gasteiger partial charge in [-0.1, -0.05) is 60.7 Å². The molecule has 1 fully saturated rings. The first kappa shape index (κ1) is 21.8. The summed E-state index contributed by atoms with van der Waals surface area (Å²) in [5.41, 5.74) is 1.90. The third kappa shape index (κ3) is 7.57. The maximum absolute atomic E-state index is 11.1. The minimum atomic E-state index is -1.08. The van der Waals surface area contributed by atoms with Crippen molar-refractivity contribution in [3.05, 3.63) is 71.8 Å². The molecule has 7 nitrogen and oxygen atoms in total. The number of carboxylic acids is 2. The standard InChI is InChI=1S/C11H12O4.C11H10O3/c12-10(13)7-9(11(14)15)6-8-4-2-1-3-5-8;12-10-7-9(11(13)14-10)6-8-4-2-1-3-5-8/h1-5,9H,6-7H2,(H,12,13)(H,14,15);1-5,9H,6-7H2. The largest absolute Gasteiger partial charge is 0.481 e. The van der Waals surface area contributed by atoms with Crippen molar-refractivity contribution < 1.29 is 34.1 Å². The average molecular weight is 398 g/mol. The number of cyclic esters (lactones) is 2. The molecule has 1 saturated heterocycles. The van der Waals surface area contributed by atoms with Crippen LogP contribution in [0.5, 0.6) is 0 Å². The van der Waals surface area contributed by atoms with Gasteiger partial charge in [0.25, 0.3) is 0 Å². The van der Waals surface area contributed by atoms with Crippen LogP contribution in [0.4, 0.5) is 0 Å². The Bertz CT molecular complexity index is 846. The van der Waals surface area contributed by atoms with Crippen LogP contribution < -0.4 is 0 Å². The molecule has 152 valence electrons. The highest BCUT2D eigenvalue weighted by Crippen LogP contribution is 2.20. The van der Waals surface area contributed by atoms with Crippen LogP contribution in [0.25, 0.3) is 0 Å². The topological polar surface area (TPSA) is 118 Å². The lowest BCUT2D eigenvalue weighted by Gasteiger charge is -2.09. The molecule has 0 aromatic heterocycles. The van der Waals surface area contributed by atoms with Crippen LogP contribution >= 0.6 is 0 Å². The van der Waals surface area contributed by atoms with Gasteiger partial charge in [0.05, 0.1) is 24.7 Å². The molecule has 2 N–H and O–H groups in total. The number of aliphatic carboxylic acids is 2. The van der Waals surface area contributed by atoms with Crippen molar-refractivity contribution in [1.29, 1.82) is 0 Å². The summed E-state index contributed by atoms with van der Waals surface area (Å²) in [4.78, 5) is 43.2. The van der Waals surface area contributed by atoms with Crippen LogP contribution in [0, 0.1) is 11.8 Å². The van der Waals surface area contributed by atoms with Gasteiger partial charge < -0.3 is 14.9 Å². The smallest absolute Gasteiger partial charge is 0.317 e. The summed E-state index contributed by atoms with van der Waals surface area (Å²) in [5, 5.41) is 17.4. The Morgan fingerprint density at radius 1 is 0.931 bits per heavy atom. The molecule has 0 amide bonds. The summed E-state index contributed by atoms with van der Waals surface area (Å²) < 4.78 is 4.47. The van der Waals surface area contributed by atoms with Gasteiger partial charge in [-0.05, 0) is 24.0 Å². The second-order valence-corrected chi connectivity index (χ2v) is 6.71. The van der Waals surface area contributed by atoms with E-state index in [4.69, 9.17) is 10.2 Å². The van der Waals surface area contributed by atoms with Crippen molar-refractivity contribution in [3.63, 3.8) is 0 Å². The third-order valence-corrected chi connectivity index (χ3v) is 4.38. The molecule has 0 radical (unpaired) electrons. The minimum Gasteiger partial charge on any atom is -0.481 e. The van der Waals surface area contributed by atoms with E-state index in [2.05, 4.69) is 4.74 Å². The number of ether oxygens (including phenoxy) is 1. The Hall–Kier alpha value is -3.48. The highest BCUT2D eigenvalue weighted by Gasteiger charge is 2.33. The minimum absolute atomic E-state index is 0.216. The fourth-order valence-corrected chi connectivity index (χ4v) is 2.93. The number of carbonyl (C=O) groups excluding carboxylic acids is 2. The number of hydrogen-bond acceptors (Lipinski definition) is 5. The Kier molecular flexibility index (Phi) is 8.09. The summed E-state index contributed by atoms with van der Waals surface area (Å²) in [6.45, 7) is 0. The van der Waals surface area contributed by atoms with Gasteiger partial charge in [-0.3, -0.25) is 19.2 Å². The van der Waals surface area contributed by atoms with Gasteiger partial charge in [0, 0.05) is 0 Å². The first-order chi connectivity index (χ1) is 13.8. The second kappa shape index (κ2) is 10.8. The quantitative estimate of drug-likeness (QED) is 0.544. The Balaban J connectivity index is 0.000000207. The van der Waals surface area contributed by atoms with Crippen molar-refractivity contribution in [1.82, 2.24) is 0 Å². The van der Waals surface area contributed by atoms with E-state index < -0.39 is 23.8 Å². The van der Waals surface area contributed by atoms with Crippen molar-refractivity contribution in [2.24, 2.45) is 11.8 Å². The highest BCUT2D eigenvalue weighted by molar-refractivity contribution is 5.94. The van der Waals surface area contributed by atoms with Gasteiger partial charge >= 0.3 is 23.9 Å². The average Bonchev–Trinajstić information content (AvgIpc) is 3.00. The Morgan fingerprint density at radius 3 is 1.93 bits per heavy atom. The molecule has 7 heteroatoms. The van der Waals surface area contributed by atoms with E-state index >= 15 is 0 Å². The van der Waals surface area contributed by atoms with E-state index in [1.807, 2.05) is 36.4 Å². The second-order valence-electron chi connectivity index (χ2n) is 6.71. The van der Waals surface area contributed by atoms with Crippen molar-refractivity contribution in [3.8, 4) is 0 Å². The molecule has 2 aromatic carbocycles. The van der Waals surface area contributed by atoms with E-state index in [-0.39, 0.29) is 31.1 Å². The van der Waals surface area contributed by atoms with E-state index in [1.54, 1.807) is 24.3 Å². The van der Waals surface area contributed by atoms with Gasteiger partial charge in [0.15, 0.2) is 0 Å². The zero-order valence-electron chi connectivity index (χ0n) is 15.7. The number of carbonyl (C=O) groups is 4. The monoisotopic (exact) mass is 398 g/mol. The summed E-state index contributed by atoms with van der Waals surface area (Å²) in [6, 6.07) is 18.6. The first-order valence-electron chi connectivity index (χ1n) is 9.12. The van der Waals surface area contributed by atoms with Crippen LogP contribution in [0.1, 0.15) is 24.0 Å². The lowest BCUT2D eigenvalue weighted by atomic mass is 9.96. The van der Waals surface area contributed by atoms with Gasteiger partial charge in [0.2, 0.25) is 0 Å². The zero-order chi connectivity index (χ0) is 21.2. The summed E-state index contributed by atoms with van der Waals surface area (Å²) in [6.07, 6.45) is 0.714. The molecule has 1 heterocycles. The third-order valence-electron chi connectivity index (χ3n) is 4.38. The Morgan fingerprint density at radius 2 is 1.48 bits per heavy atom. The Labute approximate surface area is 167 Å². The normalized spacial score (nSPS) is 16.3. The van der Waals surface area contributed by atoms with Crippen molar-refractivity contribution in [2.75, 3.05) is 0 Å². The molecule has 29 heavy (non-hydrogen) atoms. The SMILES string of the molecule is O=C(O)CC(Cc1ccccc1)C(=O)O.O=C1CC(Cc2ccccc2)C(=O)O1. The van der Waals surface area contributed by atoms with Crippen LogP contribution in [0.3, 0.4) is 0 Å². The number of hydrogen-bond donors (Lipinski definition) is 2. The van der Waals surface area contributed by atoms with E-state index in [0.717, 1.165) is 11.1 Å². The summed E-state index contributed by atoms with van der Waals surface area (Å²) >= 11 is 0. The van der Waals surface area contributed by atoms with Crippen molar-refractivity contribution >= 4 is 23.9 Å². The molecule has 3 rings (SSSR count). The lowest BCUT2D eigenvalue weighted by Crippen LogP contribution is -2.20. The van der Waals surface area contributed by atoms with Crippen LogP contribution in [0.15, 0.2) is 60.7 Å². The molecular weight excluding hydrogens is 376 g/mol. The molecule has 2 aromatic rings. The molecule has 1 aliphatic heterocycles. The van der Waals surface area contributed by atoms with Gasteiger partial charge in [0.1, 0.15) is 0 Å². The fourth-order valence-electron chi connectivity index (χ4n) is 2.93. The van der Waals surface area contributed by atoms with Crippen LogP contribution in [-0.2, 0) is 36.8 Å². The zero-order valence-corrected chi connectivity index (χ0v) is 15.7. The van der Waals surface area contributed by atoms with Crippen LogP contribution in [-0.4, -0.2) is 34.1 Å². The predicted octanol–water partition coefficient (Wildman–Crippen LogP) is 2.72. The fraction of sp³-hybridized carbons (Fsp3) is 0.273. The molecule has 1 aliphatic rings. The van der Waals surface area contributed by atoms with Gasteiger partial charge in [-0.2, -0.15) is 0 Å². The predicted molar refractivity (Wildman–Crippen MR) is 103 cm³/mol. The molecule has 0 bridgehead atoms. The molecule has 0 aliphatic carbocycles. The summed E-state index contributed by atoms with van der Waals surface area (Å²) in [7, 11) is 0. The molecule has 0 spiro atoms. The van der Waals surface area contributed by atoms with E-state index in [9.17, 15) is 19.2 Å². The van der Waals surface area contributed by atoms with Crippen molar-refractivity contribution in [2.45, 2.75) is 25.7 Å². The lowest BCUT2D eigenvalue weighted by molar-refractivity contribution is -0.153. The number of benzene rings is 2. The number of rotatable bonds is 7. The van der Waals surface area contributed by atoms with Crippen LogP contribution in [0.2, 0.25) is 0 Å². The highest BCUT2D eigenvalue weighted by atomic mass is 16.6. The molecule has 0 saturated carbocycles. The molecule has 2 unspecified atom stereocenters.